The molecule has 4 nitrogen and oxygen atoms in total. The summed E-state index contributed by atoms with van der Waals surface area (Å²) in [5.74, 6) is -0.411. The van der Waals surface area contributed by atoms with Crippen LogP contribution in [-0.2, 0) is 9.84 Å². The third-order valence-corrected chi connectivity index (χ3v) is 3.57. The maximum atomic E-state index is 13.1. The summed E-state index contributed by atoms with van der Waals surface area (Å²) >= 11 is 0. The van der Waals surface area contributed by atoms with E-state index in [9.17, 15) is 17.9 Å². The Bertz CT molecular complexity index is 514. The molecule has 6 heteroatoms. The average Bonchev–Trinajstić information content (AvgIpc) is 2.24. The molecule has 1 rings (SSSR count). The van der Waals surface area contributed by atoms with E-state index in [2.05, 4.69) is 0 Å². The van der Waals surface area contributed by atoms with Gasteiger partial charge in [-0.25, -0.2) is 12.8 Å². The van der Waals surface area contributed by atoms with Crippen LogP contribution >= 0.6 is 0 Å². The summed E-state index contributed by atoms with van der Waals surface area (Å²) in [5.41, 5.74) is 1.08. The average molecular weight is 275 g/mol. The zero-order chi connectivity index (χ0) is 13.9. The lowest BCUT2D eigenvalue weighted by atomic mass is 10.1. The van der Waals surface area contributed by atoms with Crippen LogP contribution in [0, 0.1) is 5.82 Å². The Hall–Kier alpha value is -1.14. The first-order valence-corrected chi connectivity index (χ1v) is 7.63. The van der Waals surface area contributed by atoms with Crippen LogP contribution in [0.3, 0.4) is 0 Å². The smallest absolute Gasteiger partial charge is 0.149 e. The van der Waals surface area contributed by atoms with Crippen molar-refractivity contribution in [1.29, 1.82) is 0 Å². The Morgan fingerprint density at radius 1 is 1.44 bits per heavy atom. The molecule has 0 aliphatic carbocycles. The van der Waals surface area contributed by atoms with Gasteiger partial charge in [-0.1, -0.05) is 0 Å². The number of halogens is 1. The highest BCUT2D eigenvalue weighted by atomic mass is 32.2. The molecule has 1 N–H and O–H groups in total. The second-order valence-corrected chi connectivity index (χ2v) is 6.69. The minimum atomic E-state index is -3.05. The zero-order valence-electron chi connectivity index (χ0n) is 10.7. The lowest BCUT2D eigenvalue weighted by Crippen LogP contribution is -2.26. The molecular weight excluding hydrogens is 257 g/mol. The molecule has 0 aliphatic rings. The number of sulfone groups is 1. The van der Waals surface area contributed by atoms with Crippen molar-refractivity contribution < 1.29 is 17.9 Å². The number of nitrogens with zero attached hydrogens (tertiary/aromatic N) is 1. The first kappa shape index (κ1) is 14.9. The highest BCUT2D eigenvalue weighted by molar-refractivity contribution is 7.90. The van der Waals surface area contributed by atoms with Crippen molar-refractivity contribution in [2.24, 2.45) is 0 Å². The van der Waals surface area contributed by atoms with Gasteiger partial charge in [0.1, 0.15) is 15.7 Å². The van der Waals surface area contributed by atoms with Gasteiger partial charge >= 0.3 is 0 Å². The second-order valence-electron chi connectivity index (χ2n) is 4.43. The summed E-state index contributed by atoms with van der Waals surface area (Å²) in [6, 6.07) is 4.09. The van der Waals surface area contributed by atoms with Gasteiger partial charge in [0.25, 0.3) is 0 Å². The first-order valence-electron chi connectivity index (χ1n) is 5.57. The van der Waals surface area contributed by atoms with Crippen LogP contribution < -0.4 is 4.90 Å². The van der Waals surface area contributed by atoms with Gasteiger partial charge in [-0.15, -0.1) is 0 Å². The second kappa shape index (κ2) is 5.67. The summed E-state index contributed by atoms with van der Waals surface area (Å²) in [6.45, 7) is 1.84. The van der Waals surface area contributed by atoms with E-state index in [0.717, 1.165) is 0 Å². The van der Waals surface area contributed by atoms with Crippen LogP contribution in [0.2, 0.25) is 0 Å². The topological polar surface area (TPSA) is 57.6 Å². The van der Waals surface area contributed by atoms with Crippen molar-refractivity contribution in [3.8, 4) is 0 Å². The largest absolute Gasteiger partial charge is 0.389 e. The first-order chi connectivity index (χ1) is 8.20. The maximum Gasteiger partial charge on any atom is 0.149 e. The molecule has 0 aliphatic heterocycles. The van der Waals surface area contributed by atoms with Gasteiger partial charge in [-0.3, -0.25) is 0 Å². The molecule has 0 saturated carbocycles. The van der Waals surface area contributed by atoms with Crippen molar-refractivity contribution >= 4 is 15.5 Å². The molecule has 0 aromatic heterocycles. The Morgan fingerprint density at radius 2 is 2.06 bits per heavy atom. The van der Waals surface area contributed by atoms with Crippen LogP contribution in [-0.4, -0.2) is 39.1 Å². The molecule has 0 amide bonds. The van der Waals surface area contributed by atoms with Gasteiger partial charge in [0, 0.05) is 31.1 Å². The van der Waals surface area contributed by atoms with Gasteiger partial charge < -0.3 is 10.0 Å². The van der Waals surface area contributed by atoms with Crippen LogP contribution in [0.1, 0.15) is 18.6 Å². The lowest BCUT2D eigenvalue weighted by molar-refractivity contribution is 0.199. The number of aliphatic hydroxyl groups excluding tert-OH is 1. The number of hydrogen-bond acceptors (Lipinski definition) is 4. The van der Waals surface area contributed by atoms with Crippen LogP contribution in [0.5, 0.6) is 0 Å². The van der Waals surface area contributed by atoms with E-state index in [1.54, 1.807) is 24.9 Å². The van der Waals surface area contributed by atoms with Crippen molar-refractivity contribution in [2.45, 2.75) is 13.0 Å². The molecule has 0 bridgehead atoms. The summed E-state index contributed by atoms with van der Waals surface area (Å²) in [5, 5.41) is 9.59. The number of anilines is 1. The summed E-state index contributed by atoms with van der Waals surface area (Å²) < 4.78 is 35.3. The molecule has 0 fully saturated rings. The Morgan fingerprint density at radius 3 is 2.56 bits per heavy atom. The van der Waals surface area contributed by atoms with Gasteiger partial charge in [0.2, 0.25) is 0 Å². The summed E-state index contributed by atoms with van der Waals surface area (Å²) in [4.78, 5) is 1.70. The molecule has 0 spiro atoms. The van der Waals surface area contributed by atoms with Gasteiger partial charge in [-0.05, 0) is 25.1 Å². The Labute approximate surface area is 107 Å². The fourth-order valence-corrected chi connectivity index (χ4v) is 2.24. The summed E-state index contributed by atoms with van der Waals surface area (Å²) in [6.07, 6.45) is 0.359. The zero-order valence-corrected chi connectivity index (χ0v) is 11.5. The normalized spacial score (nSPS) is 13.4. The maximum absolute atomic E-state index is 13.1. The molecule has 18 heavy (non-hydrogen) atoms. The number of hydrogen-bond donors (Lipinski definition) is 1. The molecule has 1 atom stereocenters. The van der Waals surface area contributed by atoms with E-state index in [0.29, 0.717) is 17.8 Å². The molecule has 0 heterocycles. The predicted molar refractivity (Wildman–Crippen MR) is 70.0 cm³/mol. The Kier molecular flexibility index (Phi) is 4.70. The van der Waals surface area contributed by atoms with Crippen molar-refractivity contribution in [1.82, 2.24) is 0 Å². The van der Waals surface area contributed by atoms with Gasteiger partial charge in [-0.2, -0.15) is 0 Å². The minimum Gasteiger partial charge on any atom is -0.389 e. The SMILES string of the molecule is C[C@H](O)c1cc(F)ccc1N(C)CCS(C)(=O)=O. The Balaban J connectivity index is 2.95. The third kappa shape index (κ3) is 4.27. The third-order valence-electron chi connectivity index (χ3n) is 2.65. The van der Waals surface area contributed by atoms with Gasteiger partial charge in [0.15, 0.2) is 0 Å². The molecule has 0 unspecified atom stereocenters. The molecule has 102 valence electrons. The van der Waals surface area contributed by atoms with Crippen LogP contribution in [0.25, 0.3) is 0 Å². The molecule has 0 saturated heterocycles. The van der Waals surface area contributed by atoms with Gasteiger partial charge in [0.05, 0.1) is 11.9 Å². The lowest BCUT2D eigenvalue weighted by Gasteiger charge is -2.23. The summed E-state index contributed by atoms with van der Waals surface area (Å²) in [7, 11) is -1.33. The monoisotopic (exact) mass is 275 g/mol. The van der Waals surface area contributed by atoms with E-state index >= 15 is 0 Å². The van der Waals surface area contributed by atoms with Crippen molar-refractivity contribution in [2.75, 3.05) is 30.5 Å². The fraction of sp³-hybridized carbons (Fsp3) is 0.500. The van der Waals surface area contributed by atoms with Crippen LogP contribution in [0.15, 0.2) is 18.2 Å². The quantitative estimate of drug-likeness (QED) is 0.881. The van der Waals surface area contributed by atoms with Crippen molar-refractivity contribution in [3.63, 3.8) is 0 Å². The van der Waals surface area contributed by atoms with Crippen molar-refractivity contribution in [3.05, 3.63) is 29.6 Å². The molecule has 1 aromatic rings. The standard InChI is InChI=1S/C12H18FNO3S/c1-9(15)11-8-10(13)4-5-12(11)14(2)6-7-18(3,16)17/h4-5,8-9,15H,6-7H2,1-3H3/t9-/m0/s1. The number of benzene rings is 1. The molecule has 1 aromatic carbocycles. The highest BCUT2D eigenvalue weighted by Gasteiger charge is 2.14. The highest BCUT2D eigenvalue weighted by Crippen LogP contribution is 2.26. The molecule has 0 radical (unpaired) electrons. The van der Waals surface area contributed by atoms with E-state index < -0.39 is 21.8 Å². The molecular formula is C12H18FNO3S. The van der Waals surface area contributed by atoms with E-state index in [-0.39, 0.29) is 5.75 Å². The van der Waals surface area contributed by atoms with E-state index in [1.165, 1.54) is 18.4 Å². The predicted octanol–water partition coefficient (Wildman–Crippen LogP) is 1.36. The fourth-order valence-electron chi connectivity index (χ4n) is 1.63. The van der Waals surface area contributed by atoms with Crippen LogP contribution in [0.4, 0.5) is 10.1 Å². The van der Waals surface area contributed by atoms with E-state index in [4.69, 9.17) is 0 Å². The van der Waals surface area contributed by atoms with E-state index in [1.807, 2.05) is 0 Å². The number of aliphatic hydroxyl groups is 1. The number of rotatable bonds is 5. The minimum absolute atomic E-state index is 0.0140.